The first-order valence-corrected chi connectivity index (χ1v) is 9.25. The van der Waals surface area contributed by atoms with E-state index in [9.17, 15) is 0 Å². The second kappa shape index (κ2) is 9.04. The highest BCUT2D eigenvalue weighted by Crippen LogP contribution is 2.17. The molecule has 0 unspecified atom stereocenters. The lowest BCUT2D eigenvalue weighted by Crippen LogP contribution is -2.44. The molecule has 0 atom stereocenters. The second-order valence-electron chi connectivity index (χ2n) is 6.73. The molecule has 2 aliphatic rings. The van der Waals surface area contributed by atoms with Gasteiger partial charge in [0.05, 0.1) is 19.8 Å². The molecular formula is C19H30N4O. The molecule has 0 aliphatic carbocycles. The Balaban J connectivity index is 1.62. The Kier molecular flexibility index (Phi) is 6.49. The number of nitrogens with zero attached hydrogens (tertiary/aromatic N) is 3. The van der Waals surface area contributed by atoms with Crippen LogP contribution < -0.4 is 5.73 Å². The molecule has 0 aromatic heterocycles. The Labute approximate surface area is 145 Å². The Hall–Kier alpha value is -1.59. The zero-order valence-corrected chi connectivity index (χ0v) is 14.6. The molecule has 2 fully saturated rings. The third kappa shape index (κ3) is 4.95. The van der Waals surface area contributed by atoms with Gasteiger partial charge in [-0.2, -0.15) is 0 Å². The number of benzene rings is 1. The molecule has 0 bridgehead atoms. The first-order chi connectivity index (χ1) is 11.8. The molecule has 0 saturated carbocycles. The molecule has 5 heteroatoms. The van der Waals surface area contributed by atoms with Gasteiger partial charge in [0.2, 0.25) is 0 Å². The third-order valence-corrected chi connectivity index (χ3v) is 4.96. The maximum absolute atomic E-state index is 6.16. The lowest BCUT2D eigenvalue weighted by molar-refractivity contribution is 0.0674. The summed E-state index contributed by atoms with van der Waals surface area (Å²) in [6, 6.07) is 8.65. The maximum atomic E-state index is 6.16. The fraction of sp³-hybridized carbons (Fsp3) is 0.632. The number of nitrogens with two attached hydrogens (primary N) is 1. The number of guanidine groups is 1. The van der Waals surface area contributed by atoms with Crippen LogP contribution in [0.1, 0.15) is 36.8 Å². The van der Waals surface area contributed by atoms with Crippen molar-refractivity contribution in [2.45, 2.75) is 38.8 Å². The first-order valence-electron chi connectivity index (χ1n) is 9.25. The van der Waals surface area contributed by atoms with Crippen LogP contribution in [0, 0.1) is 0 Å². The minimum absolute atomic E-state index is 0.642. The van der Waals surface area contributed by atoms with Gasteiger partial charge in [0.15, 0.2) is 5.96 Å². The molecule has 1 aromatic rings. The number of aliphatic imine (C=N–C) groups is 1. The largest absolute Gasteiger partial charge is 0.378 e. The van der Waals surface area contributed by atoms with Crippen molar-refractivity contribution in [3.8, 4) is 0 Å². The van der Waals surface area contributed by atoms with Crippen LogP contribution in [-0.2, 0) is 17.8 Å². The number of likely N-dealkylation sites (tertiary alicyclic amines) is 1. The molecule has 5 nitrogen and oxygen atoms in total. The van der Waals surface area contributed by atoms with E-state index < -0.39 is 0 Å². The van der Waals surface area contributed by atoms with E-state index >= 15 is 0 Å². The van der Waals surface area contributed by atoms with Crippen molar-refractivity contribution >= 4 is 5.96 Å². The SMILES string of the molecule is NC(=NCc1ccccc1CN1CCCCCC1)N1CCOCC1. The summed E-state index contributed by atoms with van der Waals surface area (Å²) in [6.07, 6.45) is 5.39. The monoisotopic (exact) mass is 330 g/mol. The van der Waals surface area contributed by atoms with Crippen molar-refractivity contribution in [2.75, 3.05) is 39.4 Å². The molecular weight excluding hydrogens is 300 g/mol. The molecule has 2 aliphatic heterocycles. The first kappa shape index (κ1) is 17.2. The molecule has 1 aromatic carbocycles. The summed E-state index contributed by atoms with van der Waals surface area (Å²) in [4.78, 5) is 9.33. The predicted molar refractivity (Wildman–Crippen MR) is 97.9 cm³/mol. The van der Waals surface area contributed by atoms with Crippen LogP contribution in [0.2, 0.25) is 0 Å². The van der Waals surface area contributed by atoms with Crippen molar-refractivity contribution in [3.63, 3.8) is 0 Å². The molecule has 0 radical (unpaired) electrons. The fourth-order valence-corrected chi connectivity index (χ4v) is 3.46. The van der Waals surface area contributed by atoms with E-state index in [0.717, 1.165) is 32.8 Å². The Morgan fingerprint density at radius 2 is 1.62 bits per heavy atom. The van der Waals surface area contributed by atoms with E-state index in [2.05, 4.69) is 39.1 Å². The maximum Gasteiger partial charge on any atom is 0.191 e. The van der Waals surface area contributed by atoms with Gasteiger partial charge in [-0.05, 0) is 37.1 Å². The molecule has 0 amide bonds. The summed E-state index contributed by atoms with van der Waals surface area (Å²) in [6.45, 7) is 7.27. The quantitative estimate of drug-likeness (QED) is 0.679. The smallest absolute Gasteiger partial charge is 0.191 e. The highest BCUT2D eigenvalue weighted by molar-refractivity contribution is 5.78. The van der Waals surface area contributed by atoms with Gasteiger partial charge < -0.3 is 15.4 Å². The average Bonchev–Trinajstić information content (AvgIpc) is 2.90. The van der Waals surface area contributed by atoms with E-state index in [0.29, 0.717) is 12.5 Å². The van der Waals surface area contributed by atoms with E-state index in [-0.39, 0.29) is 0 Å². The Morgan fingerprint density at radius 3 is 2.33 bits per heavy atom. The van der Waals surface area contributed by atoms with Crippen molar-refractivity contribution in [3.05, 3.63) is 35.4 Å². The van der Waals surface area contributed by atoms with Gasteiger partial charge in [0, 0.05) is 19.6 Å². The molecule has 2 heterocycles. The van der Waals surface area contributed by atoms with Crippen molar-refractivity contribution in [1.29, 1.82) is 0 Å². The Morgan fingerprint density at radius 1 is 0.958 bits per heavy atom. The highest BCUT2D eigenvalue weighted by atomic mass is 16.5. The fourth-order valence-electron chi connectivity index (χ4n) is 3.46. The molecule has 0 spiro atoms. The van der Waals surface area contributed by atoms with Gasteiger partial charge >= 0.3 is 0 Å². The van der Waals surface area contributed by atoms with Gasteiger partial charge in [-0.3, -0.25) is 4.90 Å². The van der Waals surface area contributed by atoms with E-state index in [4.69, 9.17) is 10.5 Å². The molecule has 3 rings (SSSR count). The summed E-state index contributed by atoms with van der Waals surface area (Å²) in [7, 11) is 0. The molecule has 2 saturated heterocycles. The van der Waals surface area contributed by atoms with Crippen molar-refractivity contribution < 1.29 is 4.74 Å². The van der Waals surface area contributed by atoms with Crippen LogP contribution in [0.15, 0.2) is 29.3 Å². The van der Waals surface area contributed by atoms with Crippen LogP contribution in [0.25, 0.3) is 0 Å². The molecule has 132 valence electrons. The van der Waals surface area contributed by atoms with E-state index in [1.54, 1.807) is 0 Å². The van der Waals surface area contributed by atoms with Crippen molar-refractivity contribution in [2.24, 2.45) is 10.7 Å². The average molecular weight is 330 g/mol. The molecule has 2 N–H and O–H groups in total. The highest BCUT2D eigenvalue weighted by Gasteiger charge is 2.13. The van der Waals surface area contributed by atoms with E-state index in [1.165, 1.54) is 49.9 Å². The van der Waals surface area contributed by atoms with Crippen LogP contribution in [0.4, 0.5) is 0 Å². The standard InChI is InChI=1S/C19H30N4O/c20-19(23-11-13-24-14-12-23)21-15-17-7-3-4-8-18(17)16-22-9-5-1-2-6-10-22/h3-4,7-8H,1-2,5-6,9-16H2,(H2,20,21). The zero-order valence-electron chi connectivity index (χ0n) is 14.6. The predicted octanol–water partition coefficient (Wildman–Crippen LogP) is 2.21. The van der Waals surface area contributed by atoms with Gasteiger partial charge in [-0.25, -0.2) is 4.99 Å². The zero-order chi connectivity index (χ0) is 16.6. The van der Waals surface area contributed by atoms with Crippen LogP contribution >= 0.6 is 0 Å². The van der Waals surface area contributed by atoms with Gasteiger partial charge in [-0.1, -0.05) is 37.1 Å². The van der Waals surface area contributed by atoms with Gasteiger partial charge in [-0.15, -0.1) is 0 Å². The van der Waals surface area contributed by atoms with Gasteiger partial charge in [0.25, 0.3) is 0 Å². The number of hydrogen-bond acceptors (Lipinski definition) is 3. The third-order valence-electron chi connectivity index (χ3n) is 4.96. The number of hydrogen-bond donors (Lipinski definition) is 1. The van der Waals surface area contributed by atoms with Crippen molar-refractivity contribution in [1.82, 2.24) is 9.80 Å². The lowest BCUT2D eigenvalue weighted by atomic mass is 10.1. The summed E-state index contributed by atoms with van der Waals surface area (Å²) in [5.74, 6) is 0.642. The van der Waals surface area contributed by atoms with Crippen LogP contribution in [0.3, 0.4) is 0 Å². The van der Waals surface area contributed by atoms with Crippen LogP contribution in [-0.4, -0.2) is 55.2 Å². The minimum atomic E-state index is 0.642. The Bertz CT molecular complexity index is 532. The summed E-state index contributed by atoms with van der Waals surface area (Å²) < 4.78 is 5.37. The normalized spacial score (nSPS) is 20.8. The molecule has 24 heavy (non-hydrogen) atoms. The van der Waals surface area contributed by atoms with E-state index in [1.807, 2.05) is 0 Å². The number of ether oxygens (including phenoxy) is 1. The lowest BCUT2D eigenvalue weighted by Gasteiger charge is -2.27. The van der Waals surface area contributed by atoms with Crippen LogP contribution in [0.5, 0.6) is 0 Å². The summed E-state index contributed by atoms with van der Waals surface area (Å²) in [5, 5.41) is 0. The van der Waals surface area contributed by atoms with Gasteiger partial charge in [0.1, 0.15) is 0 Å². The topological polar surface area (TPSA) is 54.1 Å². The summed E-state index contributed by atoms with van der Waals surface area (Å²) >= 11 is 0. The summed E-state index contributed by atoms with van der Waals surface area (Å²) in [5.41, 5.74) is 8.84. The number of rotatable bonds is 4. The number of morpholine rings is 1. The minimum Gasteiger partial charge on any atom is -0.378 e. The second-order valence-corrected chi connectivity index (χ2v) is 6.73.